The predicted molar refractivity (Wildman–Crippen MR) is 445 cm³/mol. The van der Waals surface area contributed by atoms with Crippen LogP contribution in [-0.4, -0.2) is 165 Å². The predicted octanol–water partition coefficient (Wildman–Crippen LogP) is 13.8. The molecule has 602 valence electrons. The number of aryl methyl sites for hydroxylation is 4. The fourth-order valence-corrected chi connectivity index (χ4v) is 15.2. The molecule has 0 aliphatic carbocycles. The van der Waals surface area contributed by atoms with E-state index >= 15 is 0 Å². The average molecular weight is 1580 g/mol. The minimum absolute atomic E-state index is 0.0000591. The van der Waals surface area contributed by atoms with Gasteiger partial charge in [-0.2, -0.15) is 0 Å². The minimum Gasteiger partial charge on any atom is -0.493 e. The van der Waals surface area contributed by atoms with Crippen molar-refractivity contribution in [2.75, 3.05) is 72.7 Å². The number of Topliss-reactive ketones (excluding diaryl/α,β-unsaturated/α-hetero) is 2. The number of hydrogen-bond donors (Lipinski definition) is 4. The first-order valence-electron chi connectivity index (χ1n) is 39.0. The Balaban J connectivity index is 0.000000203. The molecule has 2 aromatic heterocycles. The van der Waals surface area contributed by atoms with E-state index in [-0.39, 0.29) is 91.7 Å². The summed E-state index contributed by atoms with van der Waals surface area (Å²) in [6, 6.07) is 32.5. The fraction of sp³-hybridized carbons (Fsp3) is 0.315. The molecule has 117 heavy (non-hydrogen) atoms. The smallest absolute Gasteiger partial charge is 0.416 e. The SMILES string of the molecule is C=C1C[C@H]2C=Nc3cc(OCCCC(=O)Cc4cn(C)c(C(=O)Nc5ccc(C6=Nc7cc(N)ccc7C6)cc5)n4)c(C)cc3C(=O)N2C1.C=CCOC(=O)Nc1ccc2c(c1)N=C(c1ccc(NC(=O)c3nc(CC(=O)CCCOc4cc5c(cc4C)C(=O)N4CC(=C)C[C@H]4C(OC4CCCCO4)N5C(=O)OCC=C)cn3C)cc1)C2. The highest BCUT2D eigenvalue weighted by atomic mass is 16.7. The molecule has 2 unspecified atom stereocenters. The number of nitrogens with one attached hydrogen (secondary N) is 3. The zero-order valence-corrected chi connectivity index (χ0v) is 65.8. The minimum atomic E-state index is -0.932. The molecular formula is C89H92N14O14. The standard InChI is InChI=1S/C51H55N7O10.C38H37N7O4/c1-6-19-66-50(62)54-36-18-15-34-25-40(55-41(34)27-36)33-13-16-35(17-14-33)53-47(60)46-52-37(30-56(46)5)26-38(59)11-10-22-64-44-28-42-39(24-32(44)4)48(61)57-29-31(3)23-43(57)49(58(42)51(63)67-20-7-2)68-45-12-8-9-21-65-45;1-22-13-29-19-40-34-18-35(23(2)14-31(34)38(48)45(29)20-22)49-12-4-5-30(46)17-28-21-44(3)36(41-28)37(47)42-27-10-7-24(8-11-27)32-15-25-6-9-26(39)16-33(25)43-32/h6-7,13-18,24,27-28,30,43,45,49H,1-3,8-12,19-23,25-26,29H2,4-5H3,(H,53,60)(H,54,62);6-11,14,16,18-19,21,29H,1,4-5,12-13,15,17,20,39H2,2-3H3,(H,42,47)/t43-,45?,49?;29-/m00/s1. The Labute approximate surface area is 676 Å². The van der Waals surface area contributed by atoms with Crippen LogP contribution in [0.15, 0.2) is 186 Å². The third kappa shape index (κ3) is 18.8. The number of fused-ring (bicyclic) bond motifs is 6. The van der Waals surface area contributed by atoms with Crippen molar-refractivity contribution in [1.82, 2.24) is 28.9 Å². The maximum Gasteiger partial charge on any atom is 0.416 e. The lowest BCUT2D eigenvalue weighted by atomic mass is 10.0. The number of ketones is 2. The molecule has 6 amide bonds. The van der Waals surface area contributed by atoms with Gasteiger partial charge < -0.3 is 63.7 Å². The zero-order chi connectivity index (χ0) is 82.1. The summed E-state index contributed by atoms with van der Waals surface area (Å²) in [7, 11) is 3.43. The Morgan fingerprint density at radius 1 is 0.615 bits per heavy atom. The van der Waals surface area contributed by atoms with Crippen molar-refractivity contribution in [2.45, 2.75) is 122 Å². The van der Waals surface area contributed by atoms with E-state index in [0.717, 1.165) is 87.4 Å². The number of rotatable bonds is 27. The van der Waals surface area contributed by atoms with Crippen molar-refractivity contribution in [2.24, 2.45) is 29.1 Å². The van der Waals surface area contributed by atoms with Crippen molar-refractivity contribution >= 4 is 111 Å². The largest absolute Gasteiger partial charge is 0.493 e. The molecular weight excluding hydrogens is 1490 g/mol. The van der Waals surface area contributed by atoms with Crippen LogP contribution in [-0.2, 0) is 68.3 Å². The number of aliphatic imine (C=N–C) groups is 3. The van der Waals surface area contributed by atoms with Crippen LogP contribution in [0, 0.1) is 13.8 Å². The molecule has 3 saturated heterocycles. The molecule has 0 radical (unpaired) electrons. The second kappa shape index (κ2) is 35.7. The molecule has 7 aliphatic rings. The van der Waals surface area contributed by atoms with Gasteiger partial charge in [0.15, 0.2) is 24.2 Å². The molecule has 3 fully saturated rings. The molecule has 7 aliphatic heterocycles. The highest BCUT2D eigenvalue weighted by Gasteiger charge is 2.49. The van der Waals surface area contributed by atoms with Crippen molar-refractivity contribution in [3.63, 3.8) is 0 Å². The van der Waals surface area contributed by atoms with Gasteiger partial charge in [0.2, 0.25) is 0 Å². The van der Waals surface area contributed by atoms with Crippen LogP contribution in [0.25, 0.3) is 0 Å². The summed E-state index contributed by atoms with van der Waals surface area (Å²) < 4.78 is 38.5. The Hall–Kier alpha value is -13.2. The molecule has 8 aromatic rings. The molecule has 0 saturated carbocycles. The van der Waals surface area contributed by atoms with Gasteiger partial charge in [-0.25, -0.2) is 24.5 Å². The summed E-state index contributed by atoms with van der Waals surface area (Å²) in [6.07, 6.45) is 11.8. The Kier molecular flexibility index (Phi) is 24.5. The van der Waals surface area contributed by atoms with Gasteiger partial charge in [0.05, 0.1) is 94.8 Å². The maximum absolute atomic E-state index is 14.2. The number of hydrogen-bond acceptors (Lipinski definition) is 20. The van der Waals surface area contributed by atoms with Gasteiger partial charge in [-0.05, 0) is 153 Å². The second-order valence-corrected chi connectivity index (χ2v) is 30.0. The number of nitrogens with two attached hydrogens (primary N) is 1. The van der Waals surface area contributed by atoms with E-state index in [4.69, 9.17) is 44.1 Å². The van der Waals surface area contributed by atoms with Crippen LogP contribution in [0.3, 0.4) is 0 Å². The highest BCUT2D eigenvalue weighted by Crippen LogP contribution is 2.43. The van der Waals surface area contributed by atoms with Crippen molar-refractivity contribution < 1.29 is 66.8 Å². The second-order valence-electron chi connectivity index (χ2n) is 30.0. The molecule has 15 rings (SSSR count). The number of aromatic nitrogens is 4. The number of nitrogens with zero attached hydrogens (tertiary/aromatic N) is 10. The normalized spacial score (nSPS) is 17.5. The fourth-order valence-electron chi connectivity index (χ4n) is 15.2. The van der Waals surface area contributed by atoms with Gasteiger partial charge in [0.1, 0.15) is 36.3 Å². The summed E-state index contributed by atoms with van der Waals surface area (Å²) in [6.45, 7) is 21.1. The lowest BCUT2D eigenvalue weighted by Crippen LogP contribution is -2.54. The van der Waals surface area contributed by atoms with Crippen LogP contribution in [0.4, 0.5) is 55.1 Å². The quantitative estimate of drug-likeness (QED) is 0.0211. The van der Waals surface area contributed by atoms with E-state index in [1.54, 1.807) is 83.0 Å². The monoisotopic (exact) mass is 1580 g/mol. The van der Waals surface area contributed by atoms with Crippen molar-refractivity contribution in [3.8, 4) is 11.5 Å². The Morgan fingerprint density at radius 3 is 1.76 bits per heavy atom. The van der Waals surface area contributed by atoms with Gasteiger partial charge in [-0.3, -0.25) is 49.1 Å². The number of carbonyl (C=O) groups is 8. The summed E-state index contributed by atoms with van der Waals surface area (Å²) >= 11 is 0. The van der Waals surface area contributed by atoms with Crippen LogP contribution in [0.2, 0.25) is 0 Å². The molecule has 0 bridgehead atoms. The molecule has 6 aromatic carbocycles. The first-order chi connectivity index (χ1) is 56.5. The van der Waals surface area contributed by atoms with Gasteiger partial charge in [0.25, 0.3) is 23.6 Å². The van der Waals surface area contributed by atoms with Crippen LogP contribution < -0.4 is 36.1 Å². The summed E-state index contributed by atoms with van der Waals surface area (Å²) in [5.74, 6) is 0.256. The van der Waals surface area contributed by atoms with Gasteiger partial charge in [-0.15, -0.1) is 0 Å². The molecule has 9 heterocycles. The van der Waals surface area contributed by atoms with Gasteiger partial charge in [0, 0.05) is 113 Å². The number of imidazole rings is 2. The number of benzene rings is 6. The molecule has 0 spiro atoms. The Bertz CT molecular complexity index is 5400. The van der Waals surface area contributed by atoms with Crippen LogP contribution in [0.5, 0.6) is 11.5 Å². The number of anilines is 5. The van der Waals surface area contributed by atoms with Crippen LogP contribution in [0.1, 0.15) is 145 Å². The highest BCUT2D eigenvalue weighted by molar-refractivity contribution is 6.10. The summed E-state index contributed by atoms with van der Waals surface area (Å²) in [5.41, 5.74) is 21.9. The maximum atomic E-state index is 14.2. The van der Waals surface area contributed by atoms with Crippen LogP contribution >= 0.6 is 0 Å². The van der Waals surface area contributed by atoms with Gasteiger partial charge >= 0.3 is 12.2 Å². The number of carbonyl (C=O) groups excluding carboxylic acids is 8. The van der Waals surface area contributed by atoms with E-state index < -0.39 is 36.7 Å². The summed E-state index contributed by atoms with van der Waals surface area (Å²) in [5, 5.41) is 8.47. The van der Waals surface area contributed by atoms with E-state index in [9.17, 15) is 38.4 Å². The summed E-state index contributed by atoms with van der Waals surface area (Å²) in [4.78, 5) is 133. The lowest BCUT2D eigenvalue weighted by molar-refractivity contribution is -0.195. The van der Waals surface area contributed by atoms with Gasteiger partial charge in [-0.1, -0.05) is 86.0 Å². The first kappa shape index (κ1) is 80.4. The first-order valence-corrected chi connectivity index (χ1v) is 39.0. The number of amides is 6. The third-order valence-electron chi connectivity index (χ3n) is 21.0. The van der Waals surface area contributed by atoms with Crippen molar-refractivity contribution in [3.05, 3.63) is 239 Å². The molecule has 4 atom stereocenters. The zero-order valence-electron chi connectivity index (χ0n) is 65.8. The Morgan fingerprint density at radius 2 is 1.16 bits per heavy atom. The lowest BCUT2D eigenvalue weighted by Gasteiger charge is -2.38. The van der Waals surface area contributed by atoms with E-state index in [1.807, 2.05) is 91.7 Å². The number of nitrogen functional groups attached to an aromatic ring is 1. The molecule has 28 heteroatoms. The van der Waals surface area contributed by atoms with E-state index in [2.05, 4.69) is 57.2 Å². The molecule has 5 N–H and O–H groups in total. The van der Waals surface area contributed by atoms with E-state index in [0.29, 0.717) is 133 Å². The van der Waals surface area contributed by atoms with E-state index in [1.165, 1.54) is 17.1 Å². The van der Waals surface area contributed by atoms with Crippen molar-refractivity contribution in [1.29, 1.82) is 0 Å². The third-order valence-corrected chi connectivity index (χ3v) is 21.0. The molecule has 28 nitrogen and oxygen atoms in total. The topological polar surface area (TPSA) is 336 Å². The average Bonchev–Trinajstić information content (AvgIpc) is 1.59. The number of ether oxygens (including phenoxy) is 6.